The number of aliphatic hydroxyl groups is 2. The smallest absolute Gasteiger partial charge is 0.415 e. The fraction of sp³-hybridized carbons (Fsp3) is 0.357. The van der Waals surface area contributed by atoms with E-state index in [2.05, 4.69) is 30.9 Å². The molecular formula is C56H61N3O10. The SMILES string of the molecule is C=CCO[C@@]12Oc3ccc(Oc4ccc(-c5ccccc5)cc4)cc3[C@H]3[C@H](CCCCO)[C@@H](CCCCO)C=C(C(=NOCc4ccccc4)C[C@@H]1N(CCC)C(=O)Oc1ccc([N+](=O)[O-])cc1)[C@H]32. The van der Waals surface area contributed by atoms with Crippen molar-refractivity contribution in [2.75, 3.05) is 26.4 Å². The zero-order valence-corrected chi connectivity index (χ0v) is 39.1. The molecule has 1 amide bonds. The van der Waals surface area contributed by atoms with Crippen molar-refractivity contribution in [3.63, 3.8) is 0 Å². The topological polar surface area (TPSA) is 162 Å². The summed E-state index contributed by atoms with van der Waals surface area (Å²) in [5, 5.41) is 36.5. The molecule has 13 nitrogen and oxygen atoms in total. The number of nitro benzene ring substituents is 1. The van der Waals surface area contributed by atoms with E-state index in [9.17, 15) is 25.1 Å². The molecule has 8 rings (SSSR count). The van der Waals surface area contributed by atoms with E-state index >= 15 is 0 Å². The summed E-state index contributed by atoms with van der Waals surface area (Å²) in [6.07, 6.45) is 8.41. The lowest BCUT2D eigenvalue weighted by atomic mass is 9.55. The van der Waals surface area contributed by atoms with E-state index in [0.717, 1.165) is 53.5 Å². The average Bonchev–Trinajstić information content (AvgIpc) is 3.37. The van der Waals surface area contributed by atoms with Crippen molar-refractivity contribution < 1.29 is 43.7 Å². The molecule has 0 unspecified atom stereocenters. The number of benzene rings is 5. The van der Waals surface area contributed by atoms with Crippen LogP contribution in [0.2, 0.25) is 0 Å². The van der Waals surface area contributed by atoms with Gasteiger partial charge >= 0.3 is 6.09 Å². The highest BCUT2D eigenvalue weighted by Crippen LogP contribution is 2.62. The van der Waals surface area contributed by atoms with Crippen LogP contribution in [-0.2, 0) is 16.2 Å². The fourth-order valence-electron chi connectivity index (χ4n) is 10.4. The minimum Gasteiger partial charge on any atom is -0.459 e. The molecule has 0 spiro atoms. The summed E-state index contributed by atoms with van der Waals surface area (Å²) in [5.41, 5.74) is 5.45. The largest absolute Gasteiger partial charge is 0.459 e. The first-order chi connectivity index (χ1) is 33.8. The Labute approximate surface area is 403 Å². The predicted molar refractivity (Wildman–Crippen MR) is 264 cm³/mol. The van der Waals surface area contributed by atoms with Crippen LogP contribution in [0.1, 0.15) is 75.3 Å². The maximum Gasteiger partial charge on any atom is 0.415 e. The van der Waals surface area contributed by atoms with Gasteiger partial charge in [-0.15, -0.1) is 6.58 Å². The Morgan fingerprint density at radius 3 is 2.22 bits per heavy atom. The Bertz CT molecular complexity index is 2570. The molecule has 13 heteroatoms. The maximum atomic E-state index is 14.8. The number of carbonyl (C=O) groups is 1. The number of hydrogen-bond acceptors (Lipinski definition) is 11. The van der Waals surface area contributed by atoms with Gasteiger partial charge in [-0.3, -0.25) is 15.0 Å². The van der Waals surface area contributed by atoms with Crippen LogP contribution < -0.4 is 14.2 Å². The van der Waals surface area contributed by atoms with Gasteiger partial charge in [0.05, 0.1) is 23.2 Å². The summed E-state index contributed by atoms with van der Waals surface area (Å²) in [5.74, 6) is -0.300. The van der Waals surface area contributed by atoms with Crippen LogP contribution in [0.4, 0.5) is 10.5 Å². The number of carbonyl (C=O) groups excluding carboxylic acids is 1. The van der Waals surface area contributed by atoms with E-state index in [1.54, 1.807) is 11.0 Å². The van der Waals surface area contributed by atoms with Crippen molar-refractivity contribution in [3.8, 4) is 34.1 Å². The van der Waals surface area contributed by atoms with Gasteiger partial charge in [0.15, 0.2) is 0 Å². The number of oxime groups is 1. The number of rotatable bonds is 22. The molecule has 0 bridgehead atoms. The van der Waals surface area contributed by atoms with E-state index < -0.39 is 28.8 Å². The monoisotopic (exact) mass is 935 g/mol. The van der Waals surface area contributed by atoms with Gasteiger partial charge in [0.25, 0.3) is 5.69 Å². The molecule has 1 fully saturated rings. The Kier molecular flexibility index (Phi) is 16.2. The second-order valence-electron chi connectivity index (χ2n) is 17.8. The number of aliphatic hydroxyl groups excluding tert-OH is 2. The molecule has 2 aliphatic carbocycles. The molecule has 1 heterocycles. The summed E-state index contributed by atoms with van der Waals surface area (Å²) < 4.78 is 27.1. The number of amides is 1. The van der Waals surface area contributed by atoms with Crippen LogP contribution in [0.3, 0.4) is 0 Å². The molecule has 5 aromatic carbocycles. The highest BCUT2D eigenvalue weighted by molar-refractivity contribution is 6.03. The summed E-state index contributed by atoms with van der Waals surface area (Å²) in [7, 11) is 0. The molecule has 3 aliphatic rings. The lowest BCUT2D eigenvalue weighted by molar-refractivity contribution is -0.384. The molecular weight excluding hydrogens is 875 g/mol. The zero-order valence-electron chi connectivity index (χ0n) is 39.1. The molecule has 1 aliphatic heterocycles. The van der Waals surface area contributed by atoms with Crippen LogP contribution in [0.15, 0.2) is 157 Å². The molecule has 360 valence electrons. The van der Waals surface area contributed by atoms with Crippen LogP contribution in [-0.4, -0.2) is 70.0 Å². The highest BCUT2D eigenvalue weighted by atomic mass is 16.7. The van der Waals surface area contributed by atoms with E-state index in [1.807, 2.05) is 91.9 Å². The predicted octanol–water partition coefficient (Wildman–Crippen LogP) is 11.8. The highest BCUT2D eigenvalue weighted by Gasteiger charge is 2.65. The molecule has 69 heavy (non-hydrogen) atoms. The fourth-order valence-corrected chi connectivity index (χ4v) is 10.4. The molecule has 0 saturated heterocycles. The van der Waals surface area contributed by atoms with E-state index in [0.29, 0.717) is 42.2 Å². The quantitative estimate of drug-likeness (QED) is 0.0296. The number of fused-ring (bicyclic) bond motifs is 2. The lowest BCUT2D eigenvalue weighted by Crippen LogP contribution is -2.70. The molecule has 6 atom stereocenters. The van der Waals surface area contributed by atoms with Crippen LogP contribution in [0.25, 0.3) is 11.1 Å². The third kappa shape index (κ3) is 11.1. The van der Waals surface area contributed by atoms with Crippen molar-refractivity contribution in [1.29, 1.82) is 0 Å². The van der Waals surface area contributed by atoms with Gasteiger partial charge in [-0.05, 0) is 109 Å². The molecule has 1 saturated carbocycles. The Balaban J connectivity index is 1.28. The molecule has 2 N–H and O–H groups in total. The molecule has 0 radical (unpaired) electrons. The minimum atomic E-state index is -1.51. The standard InChI is InChI=1S/C56H61N3O10/c1-3-31-58(55(62)68-45-27-23-43(24-28-45)59(63)64)52-37-50(57-66-38-39-15-7-5-8-16-39)48-35-42(19-11-13-32-60)47(20-12-14-33-61)53-49-36-46(29-30-51(49)69-56(52,54(48)53)65-34-4-2)67-44-25-21-41(22-26-44)40-17-9-6-10-18-40/h4-10,15-18,21-30,35-36,42,47,52-54,60-61H,2-3,11-14,19-20,31-34,37-38H2,1H3/t42-,47+,52-,53+,54+,56+/m0/s1. The lowest BCUT2D eigenvalue weighted by Gasteiger charge is -2.59. The minimum absolute atomic E-state index is 0.00400. The van der Waals surface area contributed by atoms with Crippen LogP contribution in [0, 0.1) is 27.9 Å². The first-order valence-corrected chi connectivity index (χ1v) is 24.1. The van der Waals surface area contributed by atoms with Gasteiger partial charge < -0.3 is 34.0 Å². The Morgan fingerprint density at radius 1 is 0.870 bits per heavy atom. The Hall–Kier alpha value is -6.80. The number of ether oxygens (including phenoxy) is 4. The summed E-state index contributed by atoms with van der Waals surface area (Å²) in [4.78, 5) is 33.6. The van der Waals surface area contributed by atoms with Gasteiger partial charge in [0, 0.05) is 49.8 Å². The summed E-state index contributed by atoms with van der Waals surface area (Å²) in [6, 6.07) is 38.4. The second-order valence-corrected chi connectivity index (χ2v) is 17.8. The number of non-ortho nitro benzene ring substituents is 1. The molecule has 0 aromatic heterocycles. The number of unbranched alkanes of at least 4 members (excludes halogenated alkanes) is 2. The van der Waals surface area contributed by atoms with Crippen LogP contribution in [0.5, 0.6) is 23.0 Å². The summed E-state index contributed by atoms with van der Waals surface area (Å²) in [6.45, 7) is 6.70. The van der Waals surface area contributed by atoms with Crippen molar-refractivity contribution in [2.45, 2.75) is 82.6 Å². The van der Waals surface area contributed by atoms with Gasteiger partial charge in [0.1, 0.15) is 35.6 Å². The van der Waals surface area contributed by atoms with Crippen molar-refractivity contribution in [1.82, 2.24) is 4.90 Å². The van der Waals surface area contributed by atoms with Crippen LogP contribution >= 0.6 is 0 Å². The second kappa shape index (κ2) is 23.0. The average molecular weight is 936 g/mol. The number of allylic oxidation sites excluding steroid dienone is 1. The van der Waals surface area contributed by atoms with Crippen molar-refractivity contribution >= 4 is 17.5 Å². The van der Waals surface area contributed by atoms with Crippen molar-refractivity contribution in [3.05, 3.63) is 173 Å². The summed E-state index contributed by atoms with van der Waals surface area (Å²) >= 11 is 0. The molecule has 5 aromatic rings. The van der Waals surface area contributed by atoms with E-state index in [-0.39, 0.29) is 68.6 Å². The first kappa shape index (κ1) is 48.6. The van der Waals surface area contributed by atoms with Crippen molar-refractivity contribution in [2.24, 2.45) is 22.9 Å². The third-order valence-corrected chi connectivity index (χ3v) is 13.4. The van der Waals surface area contributed by atoms with Gasteiger partial charge in [-0.1, -0.05) is 110 Å². The van der Waals surface area contributed by atoms with Gasteiger partial charge in [0.2, 0.25) is 5.79 Å². The van der Waals surface area contributed by atoms with E-state index in [4.69, 9.17) is 28.9 Å². The zero-order chi connectivity index (χ0) is 48.2. The number of nitro groups is 1. The van der Waals surface area contributed by atoms with Gasteiger partial charge in [-0.2, -0.15) is 0 Å². The number of hydrogen-bond donors (Lipinski definition) is 2. The number of nitrogens with zero attached hydrogens (tertiary/aromatic N) is 3. The van der Waals surface area contributed by atoms with E-state index in [1.165, 1.54) is 24.3 Å². The first-order valence-electron chi connectivity index (χ1n) is 24.1. The normalized spacial score (nSPS) is 21.8. The third-order valence-electron chi connectivity index (χ3n) is 13.4. The van der Waals surface area contributed by atoms with Gasteiger partial charge in [-0.25, -0.2) is 4.79 Å². The Morgan fingerprint density at radius 2 is 1.54 bits per heavy atom. The maximum absolute atomic E-state index is 14.8.